The second kappa shape index (κ2) is 11.2. The lowest BCUT2D eigenvalue weighted by molar-refractivity contribution is -0.122. The van der Waals surface area contributed by atoms with Crippen LogP contribution in [0.1, 0.15) is 42.3 Å². The lowest BCUT2D eigenvalue weighted by Crippen LogP contribution is -2.28. The van der Waals surface area contributed by atoms with Crippen LogP contribution >= 0.6 is 23.4 Å². The highest BCUT2D eigenvalue weighted by molar-refractivity contribution is 8.18. The lowest BCUT2D eigenvalue weighted by Gasteiger charge is -2.15. The van der Waals surface area contributed by atoms with E-state index < -0.39 is 5.97 Å². The quantitative estimate of drug-likeness (QED) is 0.480. The standard InChI is InChI=1S/C24H25ClN2O5S/c1-4-26-24-27(5-2)22(28)20(33-24)13-16-11-18(25)21(19(12-16)31-6-3)32-14-15-7-9-17(10-8-15)23(29)30/h7-13H,4-6,14H2,1-3H3,(H,29,30)/b20-13+,26-24?. The predicted molar refractivity (Wildman–Crippen MR) is 131 cm³/mol. The number of benzene rings is 2. The van der Waals surface area contributed by atoms with E-state index in [-0.39, 0.29) is 18.1 Å². The minimum absolute atomic E-state index is 0.0890. The van der Waals surface area contributed by atoms with Crippen LogP contribution < -0.4 is 9.47 Å². The van der Waals surface area contributed by atoms with Crippen LogP contribution in [-0.4, -0.2) is 46.7 Å². The number of amidine groups is 1. The first-order valence-electron chi connectivity index (χ1n) is 10.5. The Morgan fingerprint density at radius 1 is 1.18 bits per heavy atom. The van der Waals surface area contributed by atoms with Gasteiger partial charge in [-0.15, -0.1) is 0 Å². The number of hydrogen-bond donors (Lipinski definition) is 1. The maximum atomic E-state index is 12.7. The highest BCUT2D eigenvalue weighted by Crippen LogP contribution is 2.39. The van der Waals surface area contributed by atoms with Crippen molar-refractivity contribution in [1.82, 2.24) is 4.90 Å². The molecule has 1 aliphatic heterocycles. The molecule has 174 valence electrons. The summed E-state index contributed by atoms with van der Waals surface area (Å²) in [4.78, 5) is 30.4. The molecule has 0 bridgehead atoms. The third-order valence-corrected chi connectivity index (χ3v) is 6.04. The van der Waals surface area contributed by atoms with Gasteiger partial charge in [-0.1, -0.05) is 23.7 Å². The second-order valence-corrected chi connectivity index (χ2v) is 8.39. The zero-order valence-corrected chi connectivity index (χ0v) is 20.2. The van der Waals surface area contributed by atoms with Crippen molar-refractivity contribution in [1.29, 1.82) is 0 Å². The Bertz CT molecular complexity index is 1100. The topological polar surface area (TPSA) is 88.4 Å². The van der Waals surface area contributed by atoms with Gasteiger partial charge in [-0.3, -0.25) is 14.7 Å². The Morgan fingerprint density at radius 3 is 2.52 bits per heavy atom. The number of carboxylic acid groups (broad SMARTS) is 1. The zero-order chi connectivity index (χ0) is 24.0. The number of amides is 1. The maximum Gasteiger partial charge on any atom is 0.335 e. The fourth-order valence-corrected chi connectivity index (χ4v) is 4.54. The van der Waals surface area contributed by atoms with Gasteiger partial charge < -0.3 is 14.6 Å². The molecule has 1 heterocycles. The monoisotopic (exact) mass is 488 g/mol. The minimum atomic E-state index is -0.983. The molecule has 0 atom stereocenters. The molecule has 0 saturated carbocycles. The van der Waals surface area contributed by atoms with Gasteiger partial charge >= 0.3 is 5.97 Å². The highest BCUT2D eigenvalue weighted by Gasteiger charge is 2.32. The van der Waals surface area contributed by atoms with Crippen LogP contribution in [0.4, 0.5) is 0 Å². The molecule has 0 spiro atoms. The van der Waals surface area contributed by atoms with Crippen LogP contribution in [0.25, 0.3) is 6.08 Å². The van der Waals surface area contributed by atoms with Gasteiger partial charge in [-0.2, -0.15) is 0 Å². The van der Waals surface area contributed by atoms with Crippen molar-refractivity contribution in [2.24, 2.45) is 4.99 Å². The number of nitrogens with zero attached hydrogens (tertiary/aromatic N) is 2. The summed E-state index contributed by atoms with van der Waals surface area (Å²) in [6, 6.07) is 9.92. The molecule has 1 aliphatic rings. The van der Waals surface area contributed by atoms with E-state index in [4.69, 9.17) is 26.2 Å². The van der Waals surface area contributed by atoms with Gasteiger partial charge in [-0.05, 0) is 74.0 Å². The number of halogens is 1. The molecule has 2 aromatic carbocycles. The van der Waals surface area contributed by atoms with Crippen LogP contribution in [0, 0.1) is 0 Å². The first kappa shape index (κ1) is 24.7. The van der Waals surface area contributed by atoms with Crippen molar-refractivity contribution >= 4 is 46.5 Å². The maximum absolute atomic E-state index is 12.7. The van der Waals surface area contributed by atoms with E-state index in [0.717, 1.165) is 5.56 Å². The fourth-order valence-electron chi connectivity index (χ4n) is 3.16. The predicted octanol–water partition coefficient (Wildman–Crippen LogP) is 5.33. The molecule has 1 N–H and O–H groups in total. The molecular formula is C24H25ClN2O5S. The van der Waals surface area contributed by atoms with E-state index in [0.29, 0.717) is 51.9 Å². The summed E-state index contributed by atoms with van der Waals surface area (Å²) in [6.45, 7) is 7.45. The Kier molecular flexibility index (Phi) is 8.41. The van der Waals surface area contributed by atoms with Gasteiger partial charge in [0.05, 0.1) is 22.1 Å². The van der Waals surface area contributed by atoms with E-state index >= 15 is 0 Å². The number of likely N-dealkylation sites (N-methyl/N-ethyl adjacent to an activating group) is 1. The average molecular weight is 489 g/mol. The third-order valence-electron chi connectivity index (χ3n) is 4.71. The molecule has 0 aliphatic carbocycles. The Morgan fingerprint density at radius 2 is 1.91 bits per heavy atom. The molecule has 33 heavy (non-hydrogen) atoms. The van der Waals surface area contributed by atoms with E-state index in [1.807, 2.05) is 20.8 Å². The molecule has 2 aromatic rings. The average Bonchev–Trinajstić information content (AvgIpc) is 3.07. The van der Waals surface area contributed by atoms with E-state index in [1.54, 1.807) is 35.2 Å². The number of carboxylic acids is 1. The van der Waals surface area contributed by atoms with Crippen molar-refractivity contribution in [2.75, 3.05) is 19.7 Å². The van der Waals surface area contributed by atoms with Crippen LogP contribution in [0.3, 0.4) is 0 Å². The summed E-state index contributed by atoms with van der Waals surface area (Å²) in [6.07, 6.45) is 1.77. The summed E-state index contributed by atoms with van der Waals surface area (Å²) in [5.74, 6) is -0.224. The molecule has 3 rings (SSSR count). The zero-order valence-electron chi connectivity index (χ0n) is 18.6. The van der Waals surface area contributed by atoms with Crippen molar-refractivity contribution in [3.8, 4) is 11.5 Å². The molecular weight excluding hydrogens is 464 g/mol. The van der Waals surface area contributed by atoms with Gasteiger partial charge in [0.15, 0.2) is 16.7 Å². The number of carbonyl (C=O) groups is 2. The van der Waals surface area contributed by atoms with Crippen LogP contribution in [0.2, 0.25) is 5.02 Å². The first-order chi connectivity index (χ1) is 15.9. The van der Waals surface area contributed by atoms with Crippen molar-refractivity contribution in [3.63, 3.8) is 0 Å². The van der Waals surface area contributed by atoms with Crippen LogP contribution in [0.5, 0.6) is 11.5 Å². The van der Waals surface area contributed by atoms with Gasteiger partial charge in [0.25, 0.3) is 5.91 Å². The summed E-state index contributed by atoms with van der Waals surface area (Å²) < 4.78 is 11.7. The number of aromatic carboxylic acids is 1. The third kappa shape index (κ3) is 5.89. The van der Waals surface area contributed by atoms with E-state index in [1.165, 1.54) is 23.9 Å². The molecule has 7 nitrogen and oxygen atoms in total. The number of thioether (sulfide) groups is 1. The lowest BCUT2D eigenvalue weighted by atomic mass is 10.1. The SMILES string of the molecule is CCN=C1S/C(=C/c2cc(Cl)c(OCc3ccc(C(=O)O)cc3)c(OCC)c2)C(=O)N1CC. The molecule has 0 radical (unpaired) electrons. The largest absolute Gasteiger partial charge is 0.490 e. The Labute approximate surface area is 202 Å². The van der Waals surface area contributed by atoms with Crippen molar-refractivity contribution in [2.45, 2.75) is 27.4 Å². The molecule has 0 aromatic heterocycles. The number of carbonyl (C=O) groups excluding carboxylic acids is 1. The van der Waals surface area contributed by atoms with E-state index in [2.05, 4.69) is 4.99 Å². The molecule has 1 amide bonds. The van der Waals surface area contributed by atoms with E-state index in [9.17, 15) is 9.59 Å². The Hall–Kier alpha value is -2.97. The first-order valence-corrected chi connectivity index (χ1v) is 11.7. The molecule has 9 heteroatoms. The number of ether oxygens (including phenoxy) is 2. The Balaban J connectivity index is 1.85. The van der Waals surface area contributed by atoms with Gasteiger partial charge in [0.2, 0.25) is 0 Å². The fraction of sp³-hybridized carbons (Fsp3) is 0.292. The summed E-state index contributed by atoms with van der Waals surface area (Å²) >= 11 is 7.86. The summed E-state index contributed by atoms with van der Waals surface area (Å²) in [7, 11) is 0. The number of rotatable bonds is 9. The normalized spacial score (nSPS) is 16.0. The minimum Gasteiger partial charge on any atom is -0.490 e. The van der Waals surface area contributed by atoms with Gasteiger partial charge in [0, 0.05) is 13.1 Å². The molecule has 1 saturated heterocycles. The summed E-state index contributed by atoms with van der Waals surface area (Å²) in [5, 5.41) is 10.1. The number of hydrogen-bond acceptors (Lipinski definition) is 6. The van der Waals surface area contributed by atoms with Crippen molar-refractivity contribution in [3.05, 3.63) is 63.0 Å². The highest BCUT2D eigenvalue weighted by atomic mass is 35.5. The van der Waals surface area contributed by atoms with Gasteiger partial charge in [0.1, 0.15) is 6.61 Å². The summed E-state index contributed by atoms with van der Waals surface area (Å²) in [5.41, 5.74) is 1.71. The molecule has 1 fully saturated rings. The second-order valence-electron chi connectivity index (χ2n) is 6.97. The van der Waals surface area contributed by atoms with Crippen LogP contribution in [0.15, 0.2) is 46.3 Å². The molecule has 0 unspecified atom stereocenters. The smallest absolute Gasteiger partial charge is 0.335 e. The van der Waals surface area contributed by atoms with Crippen LogP contribution in [-0.2, 0) is 11.4 Å². The van der Waals surface area contributed by atoms with Crippen molar-refractivity contribution < 1.29 is 24.2 Å². The number of aliphatic imine (C=N–C) groups is 1. The van der Waals surface area contributed by atoms with Gasteiger partial charge in [-0.25, -0.2) is 4.79 Å².